The molecular weight excluding hydrogens is 727 g/mol. The zero-order valence-electron chi connectivity index (χ0n) is 30.9. The lowest BCUT2D eigenvalue weighted by Gasteiger charge is -2.32. The normalized spacial score (nSPS) is 17.7. The average molecular weight is 770 g/mol. The first-order valence-electron chi connectivity index (χ1n) is 19.2. The Morgan fingerprint density at radius 2 is 1.54 bits per heavy atom. The minimum Gasteiger partial charge on any atom is -0.480 e. The highest BCUT2D eigenvalue weighted by Gasteiger charge is 2.36. The lowest BCUT2D eigenvalue weighted by Crippen LogP contribution is -2.35. The zero-order valence-corrected chi connectivity index (χ0v) is 31.7. The number of carboxylic acid groups (broad SMARTS) is 1. The average Bonchev–Trinajstić information content (AvgIpc) is 3.44. The quantitative estimate of drug-likeness (QED) is 0.138. The number of anilines is 2. The molecular formula is C44H43N5O6S. The minimum atomic E-state index is -3.91. The molecule has 1 fully saturated rings. The van der Waals surface area contributed by atoms with Gasteiger partial charge >= 0.3 is 5.97 Å². The fraction of sp³-hybridized carbons (Fsp3) is 0.295. The number of aliphatic carboxylic acids is 1. The summed E-state index contributed by atoms with van der Waals surface area (Å²) in [5, 5.41) is 13.7. The topological polar surface area (TPSA) is 150 Å². The van der Waals surface area contributed by atoms with Crippen LogP contribution in [-0.2, 0) is 26.2 Å². The van der Waals surface area contributed by atoms with E-state index in [9.17, 15) is 27.9 Å². The summed E-state index contributed by atoms with van der Waals surface area (Å²) in [6.07, 6.45) is 16.5. The molecule has 286 valence electrons. The van der Waals surface area contributed by atoms with E-state index >= 15 is 0 Å². The number of allylic oxidation sites excluding steroid dienone is 2. The van der Waals surface area contributed by atoms with Crippen LogP contribution in [0.25, 0.3) is 27.7 Å². The van der Waals surface area contributed by atoms with Gasteiger partial charge in [-0.15, -0.1) is 0 Å². The predicted octanol–water partition coefficient (Wildman–Crippen LogP) is 7.94. The number of benzene rings is 4. The molecule has 2 heterocycles. The van der Waals surface area contributed by atoms with E-state index in [1.54, 1.807) is 18.2 Å². The molecule has 1 aliphatic heterocycles. The van der Waals surface area contributed by atoms with Crippen molar-refractivity contribution in [1.29, 1.82) is 0 Å². The summed E-state index contributed by atoms with van der Waals surface area (Å²) in [5.74, 6) is 0.0576. The van der Waals surface area contributed by atoms with Crippen LogP contribution in [0.15, 0.2) is 108 Å². The molecule has 12 heteroatoms. The molecule has 2 amide bonds. The van der Waals surface area contributed by atoms with E-state index in [1.807, 2.05) is 48.8 Å². The molecule has 2 N–H and O–H groups in total. The summed E-state index contributed by atoms with van der Waals surface area (Å²) in [6, 6.07) is 23.7. The molecule has 1 atom stereocenters. The molecule has 0 bridgehead atoms. The van der Waals surface area contributed by atoms with Gasteiger partial charge in [0, 0.05) is 46.7 Å². The molecule has 0 radical (unpaired) electrons. The molecule has 5 aromatic rings. The van der Waals surface area contributed by atoms with Crippen molar-refractivity contribution < 1.29 is 27.9 Å². The number of rotatable bonds is 11. The number of carbonyl (C=O) groups is 3. The van der Waals surface area contributed by atoms with Crippen molar-refractivity contribution >= 4 is 55.5 Å². The van der Waals surface area contributed by atoms with E-state index < -0.39 is 40.9 Å². The van der Waals surface area contributed by atoms with E-state index in [-0.39, 0.29) is 17.0 Å². The van der Waals surface area contributed by atoms with Crippen molar-refractivity contribution in [3.05, 3.63) is 120 Å². The van der Waals surface area contributed by atoms with Gasteiger partial charge in [0.15, 0.2) is 5.82 Å². The van der Waals surface area contributed by atoms with Crippen LogP contribution >= 0.6 is 0 Å². The molecule has 1 saturated carbocycles. The molecule has 4 aromatic carbocycles. The molecule has 2 aliphatic carbocycles. The van der Waals surface area contributed by atoms with Gasteiger partial charge in [0.1, 0.15) is 13.1 Å². The Kier molecular flexibility index (Phi) is 10.4. The summed E-state index contributed by atoms with van der Waals surface area (Å²) in [6.45, 7) is -0.891. The van der Waals surface area contributed by atoms with Crippen molar-refractivity contribution in [3.8, 4) is 11.4 Å². The maximum absolute atomic E-state index is 13.5. The van der Waals surface area contributed by atoms with Crippen molar-refractivity contribution in [3.63, 3.8) is 0 Å². The van der Waals surface area contributed by atoms with Gasteiger partial charge in [-0.1, -0.05) is 86.7 Å². The van der Waals surface area contributed by atoms with Crippen molar-refractivity contribution in [2.75, 3.05) is 22.7 Å². The summed E-state index contributed by atoms with van der Waals surface area (Å²) < 4.78 is 27.7. The van der Waals surface area contributed by atoms with Crippen molar-refractivity contribution in [1.82, 2.24) is 14.9 Å². The largest absolute Gasteiger partial charge is 0.480 e. The summed E-state index contributed by atoms with van der Waals surface area (Å²) in [5.41, 5.74) is 4.96. The number of carboxylic acids is 1. The lowest BCUT2D eigenvalue weighted by molar-refractivity contribution is -0.137. The van der Waals surface area contributed by atoms with E-state index in [0.717, 1.165) is 51.1 Å². The number of hydrogen-bond acceptors (Lipinski definition) is 7. The highest BCUT2D eigenvalue weighted by Crippen LogP contribution is 2.42. The van der Waals surface area contributed by atoms with Gasteiger partial charge in [0.05, 0.1) is 10.6 Å². The maximum Gasteiger partial charge on any atom is 0.323 e. The first kappa shape index (κ1) is 37.1. The maximum atomic E-state index is 13.5. The monoisotopic (exact) mass is 769 g/mol. The van der Waals surface area contributed by atoms with Crippen LogP contribution < -0.4 is 9.62 Å². The van der Waals surface area contributed by atoms with E-state index in [1.165, 1.54) is 79.3 Å². The van der Waals surface area contributed by atoms with Gasteiger partial charge in [-0.3, -0.25) is 18.7 Å². The molecule has 0 saturated heterocycles. The second-order valence-electron chi connectivity index (χ2n) is 15.0. The van der Waals surface area contributed by atoms with Gasteiger partial charge in [-0.05, 0) is 84.0 Å². The van der Waals surface area contributed by atoms with Gasteiger partial charge in [0.2, 0.25) is 5.91 Å². The minimum absolute atomic E-state index is 0.0547. The Morgan fingerprint density at radius 3 is 2.21 bits per heavy atom. The van der Waals surface area contributed by atoms with Crippen molar-refractivity contribution in [2.24, 2.45) is 11.8 Å². The molecule has 1 aromatic heterocycles. The van der Waals surface area contributed by atoms with Crippen LogP contribution in [0.5, 0.6) is 0 Å². The number of nitrogens with one attached hydrogen (secondary N) is 1. The second-order valence-corrected chi connectivity index (χ2v) is 16.8. The van der Waals surface area contributed by atoms with Crippen LogP contribution in [0.2, 0.25) is 0 Å². The van der Waals surface area contributed by atoms with Gasteiger partial charge in [0.25, 0.3) is 15.9 Å². The number of sulfonamides is 1. The van der Waals surface area contributed by atoms with Gasteiger partial charge < -0.3 is 15.3 Å². The number of nitrogens with zero attached hydrogens (tertiary/aromatic N) is 4. The smallest absolute Gasteiger partial charge is 0.323 e. The van der Waals surface area contributed by atoms with Crippen LogP contribution in [0.3, 0.4) is 0 Å². The Bertz CT molecular complexity index is 2420. The highest BCUT2D eigenvalue weighted by molar-refractivity contribution is 7.93. The van der Waals surface area contributed by atoms with Crippen LogP contribution in [0, 0.1) is 11.8 Å². The third-order valence-corrected chi connectivity index (χ3v) is 13.2. The third kappa shape index (κ3) is 7.66. The standard InChI is InChI=1S/C44H43N5O6S/c50-40(27-49-38-10-4-8-33-9-5-11-39(42(33)38)56(49,54)55)47-37-22-20-35(21-23-37)44(53)48(28-41(51)52)26-29-12-14-34(15-13-29)43-45-24-36(25-46-43)32-18-16-31(17-19-32)30-6-2-1-3-7-30/h4-5,8-15,18,20-25,30-31H,1-3,6-7,16-17,19,26-28H2,(H,47,50)(H,51,52). The Hall–Kier alpha value is -5.88. The fourth-order valence-corrected chi connectivity index (χ4v) is 10.1. The van der Waals surface area contributed by atoms with E-state index in [4.69, 9.17) is 0 Å². The summed E-state index contributed by atoms with van der Waals surface area (Å²) in [4.78, 5) is 49.1. The number of amides is 2. The van der Waals surface area contributed by atoms with Crippen molar-refractivity contribution in [2.45, 2.75) is 62.8 Å². The van der Waals surface area contributed by atoms with E-state index in [0.29, 0.717) is 22.6 Å². The van der Waals surface area contributed by atoms with Gasteiger partial charge in [-0.25, -0.2) is 18.4 Å². The molecule has 0 spiro atoms. The van der Waals surface area contributed by atoms with Crippen LogP contribution in [0.1, 0.15) is 72.9 Å². The molecule has 56 heavy (non-hydrogen) atoms. The summed E-state index contributed by atoms with van der Waals surface area (Å²) in [7, 11) is -3.91. The zero-order chi connectivity index (χ0) is 38.8. The summed E-state index contributed by atoms with van der Waals surface area (Å²) >= 11 is 0. The Balaban J connectivity index is 0.882. The highest BCUT2D eigenvalue weighted by atomic mass is 32.2. The number of carbonyl (C=O) groups excluding carboxylic acids is 2. The Morgan fingerprint density at radius 1 is 0.821 bits per heavy atom. The number of hydrogen-bond donors (Lipinski definition) is 2. The third-order valence-electron chi connectivity index (χ3n) is 11.4. The second kappa shape index (κ2) is 15.7. The lowest BCUT2D eigenvalue weighted by atomic mass is 9.73. The predicted molar refractivity (Wildman–Crippen MR) is 215 cm³/mol. The molecule has 8 rings (SSSR count). The number of aromatic nitrogens is 2. The van der Waals surface area contributed by atoms with E-state index in [2.05, 4.69) is 21.4 Å². The first-order chi connectivity index (χ1) is 27.1. The van der Waals surface area contributed by atoms with Gasteiger partial charge in [-0.2, -0.15) is 0 Å². The molecule has 1 unspecified atom stereocenters. The van der Waals surface area contributed by atoms with Crippen LogP contribution in [-0.4, -0.2) is 59.3 Å². The Labute approximate surface area is 326 Å². The fourth-order valence-electron chi connectivity index (χ4n) is 8.47. The SMILES string of the molecule is O=C(O)CN(Cc1ccc(-c2ncc(C3=CCC(C4CCCCC4)CC3)cn2)cc1)C(=O)c1ccc(NC(=O)CN2c3cccc4cccc(c34)S2(=O)=O)cc1. The van der Waals surface area contributed by atoms with Crippen LogP contribution in [0.4, 0.5) is 11.4 Å². The first-order valence-corrected chi connectivity index (χ1v) is 20.6. The molecule has 3 aliphatic rings. The molecule has 11 nitrogen and oxygen atoms in total.